The summed E-state index contributed by atoms with van der Waals surface area (Å²) in [7, 11) is 2.04. The Morgan fingerprint density at radius 1 is 1.29 bits per heavy atom. The molecule has 21 heavy (non-hydrogen) atoms. The minimum atomic E-state index is -0.0973. The first-order valence-electron chi connectivity index (χ1n) is 7.36. The zero-order chi connectivity index (χ0) is 14.8. The first kappa shape index (κ1) is 14.2. The van der Waals surface area contributed by atoms with Gasteiger partial charge in [-0.1, -0.05) is 35.0 Å². The van der Waals surface area contributed by atoms with Crippen LogP contribution in [0.1, 0.15) is 24.3 Å². The van der Waals surface area contributed by atoms with Crippen molar-refractivity contribution in [1.82, 2.24) is 15.0 Å². The van der Waals surface area contributed by atoms with E-state index in [4.69, 9.17) is 4.52 Å². The molecule has 0 spiro atoms. The van der Waals surface area contributed by atoms with Crippen LogP contribution in [0.15, 0.2) is 28.8 Å². The lowest BCUT2D eigenvalue weighted by Crippen LogP contribution is -2.36. The van der Waals surface area contributed by atoms with Crippen molar-refractivity contribution in [1.29, 1.82) is 0 Å². The van der Waals surface area contributed by atoms with Crippen LogP contribution in [-0.4, -0.2) is 39.8 Å². The quantitative estimate of drug-likeness (QED) is 0.914. The molecule has 0 saturated heterocycles. The van der Waals surface area contributed by atoms with E-state index in [1.165, 1.54) is 5.56 Å². The van der Waals surface area contributed by atoms with Crippen molar-refractivity contribution in [3.05, 3.63) is 35.7 Å². The van der Waals surface area contributed by atoms with Gasteiger partial charge in [-0.2, -0.15) is 4.98 Å². The second-order valence-corrected chi connectivity index (χ2v) is 6.07. The summed E-state index contributed by atoms with van der Waals surface area (Å²) in [5, 5.41) is 13.4. The van der Waals surface area contributed by atoms with E-state index in [0.717, 1.165) is 24.9 Å². The Morgan fingerprint density at radius 3 is 2.67 bits per heavy atom. The monoisotopic (exact) mass is 287 g/mol. The Labute approximate surface area is 124 Å². The maximum absolute atomic E-state index is 9.31. The molecule has 0 aliphatic heterocycles. The molecule has 0 bridgehead atoms. The summed E-state index contributed by atoms with van der Waals surface area (Å²) < 4.78 is 5.32. The van der Waals surface area contributed by atoms with Crippen LogP contribution >= 0.6 is 0 Å². The number of aryl methyl sites for hydroxylation is 1. The topological polar surface area (TPSA) is 62.4 Å². The lowest BCUT2D eigenvalue weighted by Gasteiger charge is -2.34. The van der Waals surface area contributed by atoms with Crippen molar-refractivity contribution < 1.29 is 9.63 Å². The highest BCUT2D eigenvalue weighted by atomic mass is 16.5. The van der Waals surface area contributed by atoms with E-state index in [-0.39, 0.29) is 6.10 Å². The van der Waals surface area contributed by atoms with E-state index in [1.54, 1.807) is 0 Å². The zero-order valence-corrected chi connectivity index (χ0v) is 12.5. The van der Waals surface area contributed by atoms with Crippen LogP contribution in [-0.2, 0) is 6.54 Å². The minimum absolute atomic E-state index is 0.0973. The number of aliphatic hydroxyl groups excluding tert-OH is 1. The van der Waals surface area contributed by atoms with Gasteiger partial charge < -0.3 is 9.63 Å². The number of rotatable bonds is 5. The highest BCUT2D eigenvalue weighted by Gasteiger charge is 2.28. The van der Waals surface area contributed by atoms with Gasteiger partial charge in [-0.15, -0.1) is 0 Å². The summed E-state index contributed by atoms with van der Waals surface area (Å²) in [6.45, 7) is 3.66. The largest absolute Gasteiger partial charge is 0.393 e. The molecule has 0 radical (unpaired) electrons. The number of aromatic nitrogens is 2. The second kappa shape index (κ2) is 5.95. The van der Waals surface area contributed by atoms with E-state index >= 15 is 0 Å². The maximum Gasteiger partial charge on any atom is 0.241 e. The lowest BCUT2D eigenvalue weighted by molar-refractivity contribution is 0.0261. The molecular weight excluding hydrogens is 266 g/mol. The Balaban J connectivity index is 1.58. The summed E-state index contributed by atoms with van der Waals surface area (Å²) in [5.41, 5.74) is 2.19. The van der Waals surface area contributed by atoms with Gasteiger partial charge in [0, 0.05) is 12.1 Å². The molecule has 1 heterocycles. The molecule has 5 heteroatoms. The number of hydrogen-bond acceptors (Lipinski definition) is 5. The fourth-order valence-corrected chi connectivity index (χ4v) is 2.72. The van der Waals surface area contributed by atoms with E-state index in [2.05, 4.69) is 22.0 Å². The molecule has 112 valence electrons. The molecule has 0 unspecified atom stereocenters. The van der Waals surface area contributed by atoms with Crippen LogP contribution in [0.4, 0.5) is 0 Å². The van der Waals surface area contributed by atoms with Crippen LogP contribution < -0.4 is 0 Å². The summed E-state index contributed by atoms with van der Waals surface area (Å²) >= 11 is 0. The summed E-state index contributed by atoms with van der Waals surface area (Å²) in [4.78, 5) is 6.62. The van der Waals surface area contributed by atoms with Crippen molar-refractivity contribution in [3.8, 4) is 11.4 Å². The van der Waals surface area contributed by atoms with Crippen molar-refractivity contribution >= 4 is 0 Å². The molecule has 5 nitrogen and oxygen atoms in total. The number of hydrogen-bond donors (Lipinski definition) is 1. The molecule has 1 aliphatic rings. The standard InChI is InChI=1S/C16H21N3O2/c1-11-3-5-13(6-4-11)16-17-15(21-18-16)10-19(2)9-12-7-14(20)8-12/h3-6,12,14,20H,7-10H2,1-2H3. The fraction of sp³-hybridized carbons (Fsp3) is 0.500. The van der Waals surface area contributed by atoms with Gasteiger partial charge in [0.2, 0.25) is 11.7 Å². The maximum atomic E-state index is 9.31. The molecule has 0 atom stereocenters. The Morgan fingerprint density at radius 2 is 2.00 bits per heavy atom. The zero-order valence-electron chi connectivity index (χ0n) is 12.5. The van der Waals surface area contributed by atoms with Crippen LogP contribution in [0.5, 0.6) is 0 Å². The van der Waals surface area contributed by atoms with Gasteiger partial charge in [0.25, 0.3) is 0 Å². The summed E-state index contributed by atoms with van der Waals surface area (Å²) in [6.07, 6.45) is 1.71. The Hall–Kier alpha value is -1.72. The highest BCUT2D eigenvalue weighted by molar-refractivity contribution is 5.54. The smallest absolute Gasteiger partial charge is 0.241 e. The first-order valence-corrected chi connectivity index (χ1v) is 7.36. The minimum Gasteiger partial charge on any atom is -0.393 e. The molecule has 2 aromatic rings. The second-order valence-electron chi connectivity index (χ2n) is 6.07. The van der Waals surface area contributed by atoms with Crippen molar-refractivity contribution in [3.63, 3.8) is 0 Å². The molecule has 1 aromatic heterocycles. The van der Waals surface area contributed by atoms with Gasteiger partial charge in [0.1, 0.15) is 0 Å². The highest BCUT2D eigenvalue weighted by Crippen LogP contribution is 2.28. The van der Waals surface area contributed by atoms with Gasteiger partial charge in [0.05, 0.1) is 12.6 Å². The predicted octanol–water partition coefficient (Wildman–Crippen LogP) is 2.25. The van der Waals surface area contributed by atoms with Crippen LogP contribution in [0, 0.1) is 12.8 Å². The number of aliphatic hydroxyl groups is 1. The predicted molar refractivity (Wildman–Crippen MR) is 79.5 cm³/mol. The average molecular weight is 287 g/mol. The van der Waals surface area contributed by atoms with Crippen LogP contribution in [0.3, 0.4) is 0 Å². The molecule has 3 rings (SSSR count). The average Bonchev–Trinajstić information content (AvgIpc) is 2.86. The molecule has 1 aromatic carbocycles. The van der Waals surface area contributed by atoms with E-state index in [1.807, 2.05) is 31.3 Å². The molecule has 0 amide bonds. The number of nitrogens with zero attached hydrogens (tertiary/aromatic N) is 3. The van der Waals surface area contributed by atoms with Gasteiger partial charge >= 0.3 is 0 Å². The first-order chi connectivity index (χ1) is 10.1. The van der Waals surface area contributed by atoms with Gasteiger partial charge in [-0.25, -0.2) is 0 Å². The van der Waals surface area contributed by atoms with Gasteiger partial charge in [-0.05, 0) is 32.7 Å². The van der Waals surface area contributed by atoms with E-state index in [0.29, 0.717) is 24.2 Å². The Bertz CT molecular complexity index is 588. The summed E-state index contributed by atoms with van der Waals surface area (Å²) in [6, 6.07) is 8.09. The molecule has 1 fully saturated rings. The molecular formula is C16H21N3O2. The van der Waals surface area contributed by atoms with E-state index < -0.39 is 0 Å². The normalized spacial score (nSPS) is 21.5. The Kier molecular flexibility index (Phi) is 4.03. The SMILES string of the molecule is Cc1ccc(-c2noc(CN(C)CC3CC(O)C3)n2)cc1. The lowest BCUT2D eigenvalue weighted by atomic mass is 9.82. The summed E-state index contributed by atoms with van der Waals surface area (Å²) in [5.74, 6) is 1.86. The van der Waals surface area contributed by atoms with Crippen molar-refractivity contribution in [2.45, 2.75) is 32.4 Å². The van der Waals surface area contributed by atoms with Gasteiger partial charge in [0.15, 0.2) is 0 Å². The fourth-order valence-electron chi connectivity index (χ4n) is 2.72. The van der Waals surface area contributed by atoms with Crippen molar-refractivity contribution in [2.24, 2.45) is 5.92 Å². The third-order valence-electron chi connectivity index (χ3n) is 3.96. The third-order valence-corrected chi connectivity index (χ3v) is 3.96. The number of benzene rings is 1. The molecule has 1 N–H and O–H groups in total. The van der Waals surface area contributed by atoms with Crippen LogP contribution in [0.2, 0.25) is 0 Å². The van der Waals surface area contributed by atoms with E-state index in [9.17, 15) is 5.11 Å². The van der Waals surface area contributed by atoms with Crippen molar-refractivity contribution in [2.75, 3.05) is 13.6 Å². The third kappa shape index (κ3) is 3.49. The molecule has 1 aliphatic carbocycles. The van der Waals surface area contributed by atoms with Gasteiger partial charge in [-0.3, -0.25) is 4.90 Å². The molecule has 1 saturated carbocycles. The van der Waals surface area contributed by atoms with Crippen LogP contribution in [0.25, 0.3) is 11.4 Å².